The number of carbonyl (C=O) groups is 1. The third-order valence-corrected chi connectivity index (χ3v) is 4.22. The Balaban J connectivity index is 1.81. The van der Waals surface area contributed by atoms with Crippen LogP contribution in [0.25, 0.3) is 0 Å². The van der Waals surface area contributed by atoms with Crippen LogP contribution in [0.1, 0.15) is 45.4 Å². The van der Waals surface area contributed by atoms with Gasteiger partial charge in [0.1, 0.15) is 6.04 Å². The van der Waals surface area contributed by atoms with Crippen LogP contribution in [0.2, 0.25) is 0 Å². The Morgan fingerprint density at radius 1 is 1.35 bits per heavy atom. The van der Waals surface area contributed by atoms with Gasteiger partial charge >= 0.3 is 5.97 Å². The van der Waals surface area contributed by atoms with Crippen LogP contribution in [0, 0.1) is 11.8 Å². The predicted molar refractivity (Wildman–Crippen MR) is 64.7 cm³/mol. The van der Waals surface area contributed by atoms with Crippen molar-refractivity contribution in [2.75, 3.05) is 6.54 Å². The molecule has 0 aromatic heterocycles. The molecule has 0 bridgehead atoms. The number of nitrogens with one attached hydrogen (secondary N) is 1. The van der Waals surface area contributed by atoms with Crippen LogP contribution in [-0.2, 0) is 4.79 Å². The van der Waals surface area contributed by atoms with Gasteiger partial charge in [-0.15, -0.1) is 0 Å². The lowest BCUT2D eigenvalue weighted by Crippen LogP contribution is -2.49. The number of rotatable bonds is 5. The van der Waals surface area contributed by atoms with Crippen molar-refractivity contribution < 1.29 is 15.0 Å². The van der Waals surface area contributed by atoms with Gasteiger partial charge in [0.15, 0.2) is 0 Å². The van der Waals surface area contributed by atoms with Gasteiger partial charge in [-0.05, 0) is 50.4 Å². The second-order valence-electron chi connectivity index (χ2n) is 5.94. The zero-order valence-electron chi connectivity index (χ0n) is 10.5. The third kappa shape index (κ3) is 3.42. The van der Waals surface area contributed by atoms with Crippen molar-refractivity contribution in [2.45, 2.75) is 57.1 Å². The molecule has 17 heavy (non-hydrogen) atoms. The normalized spacial score (nSPS) is 35.5. The fourth-order valence-corrected chi connectivity index (χ4v) is 2.66. The Labute approximate surface area is 102 Å². The van der Waals surface area contributed by atoms with Crippen molar-refractivity contribution in [3.8, 4) is 0 Å². The first kappa shape index (κ1) is 12.8. The van der Waals surface area contributed by atoms with Gasteiger partial charge in [-0.25, -0.2) is 0 Å². The van der Waals surface area contributed by atoms with Crippen molar-refractivity contribution in [1.82, 2.24) is 5.32 Å². The Morgan fingerprint density at radius 2 is 1.94 bits per heavy atom. The summed E-state index contributed by atoms with van der Waals surface area (Å²) in [4.78, 5) is 11.1. The van der Waals surface area contributed by atoms with Gasteiger partial charge in [-0.3, -0.25) is 4.79 Å². The molecule has 98 valence electrons. The molecule has 2 rings (SSSR count). The molecule has 1 atom stereocenters. The van der Waals surface area contributed by atoms with Crippen LogP contribution in [0.3, 0.4) is 0 Å². The number of carboxylic acids is 1. The molecule has 0 aromatic rings. The lowest BCUT2D eigenvalue weighted by atomic mass is 9.79. The Hall–Kier alpha value is -0.610. The molecule has 3 N–H and O–H groups in total. The summed E-state index contributed by atoms with van der Waals surface area (Å²) in [7, 11) is 0. The average molecular weight is 241 g/mol. The smallest absolute Gasteiger partial charge is 0.320 e. The fraction of sp³-hybridized carbons (Fsp3) is 0.923. The van der Waals surface area contributed by atoms with E-state index in [4.69, 9.17) is 5.11 Å². The number of hydrogen-bond donors (Lipinski definition) is 3. The summed E-state index contributed by atoms with van der Waals surface area (Å²) in [5.74, 6) is 0.188. The van der Waals surface area contributed by atoms with Gasteiger partial charge in [0.2, 0.25) is 0 Å². The zero-order chi connectivity index (χ0) is 12.5. The monoisotopic (exact) mass is 241 g/mol. The van der Waals surface area contributed by atoms with Gasteiger partial charge < -0.3 is 15.5 Å². The Morgan fingerprint density at radius 3 is 2.41 bits per heavy atom. The minimum atomic E-state index is -0.778. The summed E-state index contributed by atoms with van der Waals surface area (Å²) in [6, 6.07) is -0.460. The van der Waals surface area contributed by atoms with E-state index < -0.39 is 17.6 Å². The molecule has 0 saturated heterocycles. The number of aliphatic hydroxyl groups is 1. The van der Waals surface area contributed by atoms with Crippen LogP contribution in [0.15, 0.2) is 0 Å². The highest BCUT2D eigenvalue weighted by Crippen LogP contribution is 2.34. The molecule has 2 aliphatic carbocycles. The van der Waals surface area contributed by atoms with Crippen LogP contribution in [0.4, 0.5) is 0 Å². The van der Waals surface area contributed by atoms with Crippen LogP contribution < -0.4 is 5.32 Å². The maximum atomic E-state index is 11.1. The van der Waals surface area contributed by atoms with Crippen LogP contribution in [-0.4, -0.2) is 34.4 Å². The molecule has 0 radical (unpaired) electrons. The maximum absolute atomic E-state index is 11.1. The molecule has 2 saturated carbocycles. The molecular weight excluding hydrogens is 218 g/mol. The van der Waals surface area contributed by atoms with E-state index in [2.05, 4.69) is 12.2 Å². The Kier molecular flexibility index (Phi) is 3.73. The van der Waals surface area contributed by atoms with Gasteiger partial charge in [-0.1, -0.05) is 6.92 Å². The van der Waals surface area contributed by atoms with Crippen LogP contribution >= 0.6 is 0 Å². The molecular formula is C13H23NO3. The van der Waals surface area contributed by atoms with Crippen molar-refractivity contribution in [2.24, 2.45) is 11.8 Å². The quantitative estimate of drug-likeness (QED) is 0.680. The fourth-order valence-electron chi connectivity index (χ4n) is 2.66. The summed E-state index contributed by atoms with van der Waals surface area (Å²) in [6.45, 7) is 2.63. The molecule has 2 aliphatic rings. The van der Waals surface area contributed by atoms with Crippen molar-refractivity contribution in [3.05, 3.63) is 0 Å². The lowest BCUT2D eigenvalue weighted by Gasteiger charge is -2.35. The second kappa shape index (κ2) is 4.94. The molecule has 4 nitrogen and oxygen atoms in total. The minimum absolute atomic E-state index is 0.276. The highest BCUT2D eigenvalue weighted by Gasteiger charge is 2.38. The van der Waals surface area contributed by atoms with Crippen LogP contribution in [0.5, 0.6) is 0 Å². The summed E-state index contributed by atoms with van der Waals surface area (Å²) in [5, 5.41) is 22.5. The van der Waals surface area contributed by atoms with E-state index in [0.717, 1.165) is 38.5 Å². The molecule has 0 aliphatic heterocycles. The summed E-state index contributed by atoms with van der Waals surface area (Å²) >= 11 is 0. The maximum Gasteiger partial charge on any atom is 0.320 e. The van der Waals surface area contributed by atoms with Gasteiger partial charge in [0, 0.05) is 6.54 Å². The number of aliphatic carboxylic acids is 1. The van der Waals surface area contributed by atoms with E-state index in [0.29, 0.717) is 12.5 Å². The van der Waals surface area contributed by atoms with Crippen molar-refractivity contribution in [3.63, 3.8) is 0 Å². The lowest BCUT2D eigenvalue weighted by molar-refractivity contribution is -0.140. The molecule has 1 unspecified atom stereocenters. The third-order valence-electron chi connectivity index (χ3n) is 4.22. The van der Waals surface area contributed by atoms with E-state index >= 15 is 0 Å². The molecule has 2 fully saturated rings. The van der Waals surface area contributed by atoms with E-state index in [-0.39, 0.29) is 5.92 Å². The first-order chi connectivity index (χ1) is 8.00. The van der Waals surface area contributed by atoms with Gasteiger partial charge in [-0.2, -0.15) is 0 Å². The summed E-state index contributed by atoms with van der Waals surface area (Å²) < 4.78 is 0. The van der Waals surface area contributed by atoms with Gasteiger partial charge in [0.05, 0.1) is 5.60 Å². The van der Waals surface area contributed by atoms with Gasteiger partial charge in [0.25, 0.3) is 0 Å². The van der Waals surface area contributed by atoms with E-state index in [1.165, 1.54) is 0 Å². The molecule has 0 spiro atoms. The number of carboxylic acid groups (broad SMARTS) is 1. The highest BCUT2D eigenvalue weighted by molar-refractivity contribution is 5.74. The molecule has 0 amide bonds. The van der Waals surface area contributed by atoms with E-state index in [9.17, 15) is 9.90 Å². The van der Waals surface area contributed by atoms with Crippen molar-refractivity contribution in [1.29, 1.82) is 0 Å². The first-order valence-corrected chi connectivity index (χ1v) is 6.69. The predicted octanol–water partition coefficient (Wildman–Crippen LogP) is 1.38. The standard InChI is InChI=1S/C13H23NO3/c1-9-4-6-13(17,7-5-9)8-14-11(12(15)16)10-2-3-10/h9-11,14,17H,2-8H2,1H3,(H,15,16). The Bertz CT molecular complexity index is 280. The summed E-state index contributed by atoms with van der Waals surface area (Å²) in [5.41, 5.74) is -0.685. The first-order valence-electron chi connectivity index (χ1n) is 6.69. The largest absolute Gasteiger partial charge is 0.480 e. The molecule has 4 heteroatoms. The summed E-state index contributed by atoms with van der Waals surface area (Å²) in [6.07, 6.45) is 5.66. The van der Waals surface area contributed by atoms with E-state index in [1.54, 1.807) is 0 Å². The van der Waals surface area contributed by atoms with E-state index in [1.807, 2.05) is 0 Å². The number of hydrogen-bond acceptors (Lipinski definition) is 3. The topological polar surface area (TPSA) is 69.6 Å². The average Bonchev–Trinajstić information content (AvgIpc) is 3.07. The SMILES string of the molecule is CC1CCC(O)(CNC(C(=O)O)C2CC2)CC1. The van der Waals surface area contributed by atoms with Crippen molar-refractivity contribution >= 4 is 5.97 Å². The highest BCUT2D eigenvalue weighted by atomic mass is 16.4. The second-order valence-corrected chi connectivity index (χ2v) is 5.94. The zero-order valence-corrected chi connectivity index (χ0v) is 10.5. The molecule has 0 aromatic carbocycles. The minimum Gasteiger partial charge on any atom is -0.480 e. The molecule has 0 heterocycles.